The van der Waals surface area contributed by atoms with Gasteiger partial charge in [-0.1, -0.05) is 80.7 Å². The van der Waals surface area contributed by atoms with Crippen molar-refractivity contribution in [1.29, 1.82) is 0 Å². The highest BCUT2D eigenvalue weighted by Gasteiger charge is 2.22. The Morgan fingerprint density at radius 2 is 1.46 bits per heavy atom. The molecule has 0 bridgehead atoms. The van der Waals surface area contributed by atoms with Gasteiger partial charge in [-0.15, -0.1) is 0 Å². The Hall–Kier alpha value is -0.613. The standard InChI is InChI=1S/C22H29ISi/c1-2-3-4-15-24-16-13-21(14-17-24)19-7-5-18(6-8-19)20-9-11-22(23)12-10-20/h5-12,21,24H,2-4,13-17H2,1H3/t21-,24-. The lowest BCUT2D eigenvalue weighted by Crippen LogP contribution is -2.20. The van der Waals surface area contributed by atoms with E-state index in [1.807, 2.05) is 0 Å². The molecule has 1 saturated heterocycles. The average molecular weight is 448 g/mol. The van der Waals surface area contributed by atoms with Crippen molar-refractivity contribution in [3.05, 3.63) is 57.7 Å². The second-order valence-electron chi connectivity index (χ2n) is 7.34. The number of unbranched alkanes of at least 4 members (excludes halogenated alkanes) is 2. The van der Waals surface area contributed by atoms with Gasteiger partial charge >= 0.3 is 0 Å². The molecule has 0 unspecified atom stereocenters. The molecule has 1 aliphatic rings. The molecule has 128 valence electrons. The van der Waals surface area contributed by atoms with Crippen LogP contribution in [0.4, 0.5) is 0 Å². The van der Waals surface area contributed by atoms with Crippen molar-refractivity contribution in [3.63, 3.8) is 0 Å². The fourth-order valence-corrected chi connectivity index (χ4v) is 7.90. The van der Waals surface area contributed by atoms with Gasteiger partial charge in [0.1, 0.15) is 0 Å². The summed E-state index contributed by atoms with van der Waals surface area (Å²) in [6.45, 7) is 2.32. The van der Waals surface area contributed by atoms with Crippen molar-refractivity contribution in [2.24, 2.45) is 0 Å². The first-order chi connectivity index (χ1) is 11.8. The van der Waals surface area contributed by atoms with Gasteiger partial charge in [0, 0.05) is 12.4 Å². The molecule has 0 nitrogen and oxygen atoms in total. The van der Waals surface area contributed by atoms with E-state index in [9.17, 15) is 0 Å². The zero-order chi connectivity index (χ0) is 16.8. The van der Waals surface area contributed by atoms with Crippen molar-refractivity contribution in [2.45, 2.75) is 63.1 Å². The summed E-state index contributed by atoms with van der Waals surface area (Å²) in [7, 11) is -0.384. The van der Waals surface area contributed by atoms with E-state index in [-0.39, 0.29) is 8.80 Å². The topological polar surface area (TPSA) is 0 Å². The van der Waals surface area contributed by atoms with Crippen molar-refractivity contribution < 1.29 is 0 Å². The van der Waals surface area contributed by atoms with Crippen LogP contribution in [0.25, 0.3) is 11.1 Å². The van der Waals surface area contributed by atoms with Crippen LogP contribution in [0, 0.1) is 3.57 Å². The molecule has 0 spiro atoms. The summed E-state index contributed by atoms with van der Waals surface area (Å²) in [5, 5.41) is 0. The Labute approximate surface area is 162 Å². The molecule has 3 rings (SSSR count). The number of hydrogen-bond donors (Lipinski definition) is 0. The van der Waals surface area contributed by atoms with Gasteiger partial charge < -0.3 is 0 Å². The zero-order valence-corrected chi connectivity index (χ0v) is 18.1. The molecule has 0 saturated carbocycles. The van der Waals surface area contributed by atoms with Crippen LogP contribution in [0.1, 0.15) is 50.5 Å². The van der Waals surface area contributed by atoms with Crippen LogP contribution >= 0.6 is 22.6 Å². The SMILES string of the molecule is CCCCC[Si@H]1CC[C@H](c2ccc(-c3ccc(I)cc3)cc2)CC1. The van der Waals surface area contributed by atoms with Crippen molar-refractivity contribution in [1.82, 2.24) is 0 Å². The molecule has 24 heavy (non-hydrogen) atoms. The first-order valence-electron chi connectivity index (χ1n) is 9.62. The molecule has 1 aliphatic heterocycles. The van der Waals surface area contributed by atoms with Gasteiger partial charge in [0.25, 0.3) is 0 Å². The minimum absolute atomic E-state index is 0.384. The predicted octanol–water partition coefficient (Wildman–Crippen LogP) is 7.25. The van der Waals surface area contributed by atoms with Crippen molar-refractivity contribution >= 4 is 31.4 Å². The van der Waals surface area contributed by atoms with Gasteiger partial charge in [-0.3, -0.25) is 0 Å². The van der Waals surface area contributed by atoms with E-state index in [1.165, 1.54) is 46.8 Å². The van der Waals surface area contributed by atoms with Gasteiger partial charge in [0.05, 0.1) is 0 Å². The number of halogens is 1. The Morgan fingerprint density at radius 3 is 2.04 bits per heavy atom. The van der Waals surface area contributed by atoms with Gasteiger partial charge in [-0.25, -0.2) is 0 Å². The van der Waals surface area contributed by atoms with Gasteiger partial charge in [-0.2, -0.15) is 0 Å². The van der Waals surface area contributed by atoms with E-state index in [1.54, 1.807) is 23.7 Å². The van der Waals surface area contributed by atoms with E-state index < -0.39 is 0 Å². The Balaban J connectivity index is 1.56. The zero-order valence-electron chi connectivity index (χ0n) is 14.8. The smallest absolute Gasteiger partial charge is 0.0368 e. The second kappa shape index (κ2) is 9.19. The minimum Gasteiger partial charge on any atom is -0.0654 e. The summed E-state index contributed by atoms with van der Waals surface area (Å²) in [4.78, 5) is 0. The lowest BCUT2D eigenvalue weighted by Gasteiger charge is -2.28. The van der Waals surface area contributed by atoms with E-state index >= 15 is 0 Å². The number of hydrogen-bond acceptors (Lipinski definition) is 0. The number of rotatable bonds is 6. The minimum atomic E-state index is -0.384. The van der Waals surface area contributed by atoms with Gasteiger partial charge in [0.15, 0.2) is 0 Å². The van der Waals surface area contributed by atoms with Gasteiger partial charge in [-0.05, 0) is 70.2 Å². The van der Waals surface area contributed by atoms with E-state index in [4.69, 9.17) is 0 Å². The fraction of sp³-hybridized carbons (Fsp3) is 0.455. The molecule has 1 fully saturated rings. The van der Waals surface area contributed by atoms with Crippen LogP contribution < -0.4 is 0 Å². The highest BCUT2D eigenvalue weighted by molar-refractivity contribution is 14.1. The normalized spacial score (nSPS) is 20.9. The van der Waals surface area contributed by atoms with E-state index in [0.717, 1.165) is 5.92 Å². The first kappa shape index (κ1) is 18.2. The molecule has 0 amide bonds. The van der Waals surface area contributed by atoms with Crippen LogP contribution in [0.2, 0.25) is 18.1 Å². The van der Waals surface area contributed by atoms with Crippen LogP contribution in [0.5, 0.6) is 0 Å². The molecule has 1 heterocycles. The van der Waals surface area contributed by atoms with Crippen molar-refractivity contribution in [3.8, 4) is 11.1 Å². The molecule has 0 N–H and O–H groups in total. The third kappa shape index (κ3) is 4.95. The molecular formula is C22H29ISi. The summed E-state index contributed by atoms with van der Waals surface area (Å²) in [6, 6.07) is 23.0. The summed E-state index contributed by atoms with van der Waals surface area (Å²) >= 11 is 2.37. The molecule has 0 atom stereocenters. The molecule has 0 aliphatic carbocycles. The molecule has 2 aromatic carbocycles. The number of benzene rings is 2. The summed E-state index contributed by atoms with van der Waals surface area (Å²) in [6.07, 6.45) is 7.23. The maximum Gasteiger partial charge on any atom is 0.0368 e. The van der Waals surface area contributed by atoms with Crippen LogP contribution in [-0.4, -0.2) is 8.80 Å². The van der Waals surface area contributed by atoms with Crippen LogP contribution in [0.15, 0.2) is 48.5 Å². The molecular weight excluding hydrogens is 419 g/mol. The fourth-order valence-electron chi connectivity index (χ4n) is 4.06. The average Bonchev–Trinajstić information content (AvgIpc) is 2.63. The largest absolute Gasteiger partial charge is 0.0654 e. The summed E-state index contributed by atoms with van der Waals surface area (Å²) < 4.78 is 1.30. The Kier molecular flexibility index (Phi) is 6.96. The van der Waals surface area contributed by atoms with E-state index in [0.29, 0.717) is 0 Å². The van der Waals surface area contributed by atoms with Crippen molar-refractivity contribution in [2.75, 3.05) is 0 Å². The quantitative estimate of drug-likeness (QED) is 0.248. The maximum atomic E-state index is 2.39. The van der Waals surface area contributed by atoms with E-state index in [2.05, 4.69) is 78.0 Å². The highest BCUT2D eigenvalue weighted by atomic mass is 127. The highest BCUT2D eigenvalue weighted by Crippen LogP contribution is 2.36. The van der Waals surface area contributed by atoms with Crippen LogP contribution in [-0.2, 0) is 0 Å². The third-order valence-electron chi connectivity index (χ3n) is 5.62. The molecule has 0 radical (unpaired) electrons. The van der Waals surface area contributed by atoms with Gasteiger partial charge in [0.2, 0.25) is 0 Å². The maximum absolute atomic E-state index is 2.39. The summed E-state index contributed by atoms with van der Waals surface area (Å²) in [5.41, 5.74) is 4.25. The molecule has 2 heteroatoms. The summed E-state index contributed by atoms with van der Waals surface area (Å²) in [5.74, 6) is 0.825. The third-order valence-corrected chi connectivity index (χ3v) is 9.87. The van der Waals surface area contributed by atoms with Crippen LogP contribution in [0.3, 0.4) is 0 Å². The molecule has 2 aromatic rings. The Bertz CT molecular complexity index is 609. The monoisotopic (exact) mass is 448 g/mol. The predicted molar refractivity (Wildman–Crippen MR) is 118 cm³/mol. The molecule has 0 aromatic heterocycles. The lowest BCUT2D eigenvalue weighted by atomic mass is 9.92. The second-order valence-corrected chi connectivity index (χ2v) is 12.1. The first-order valence-corrected chi connectivity index (χ1v) is 13.1. The lowest BCUT2D eigenvalue weighted by molar-refractivity contribution is 0.603. The Morgan fingerprint density at radius 1 is 0.875 bits per heavy atom.